The molecule has 3 heterocycles. The summed E-state index contributed by atoms with van der Waals surface area (Å²) >= 11 is 0. The Morgan fingerprint density at radius 2 is 1.50 bits per heavy atom. The summed E-state index contributed by atoms with van der Waals surface area (Å²) in [6.07, 6.45) is 22.7. The third-order valence-electron chi connectivity index (χ3n) is 14.7. The van der Waals surface area contributed by atoms with Crippen LogP contribution in [0.25, 0.3) is 12.2 Å². The van der Waals surface area contributed by atoms with Crippen molar-refractivity contribution in [2.24, 2.45) is 34.6 Å². The Hall–Kier alpha value is -4.32. The first-order valence-corrected chi connectivity index (χ1v) is 24.8. The zero-order valence-corrected chi connectivity index (χ0v) is 42.6. The van der Waals surface area contributed by atoms with Crippen molar-refractivity contribution in [2.45, 2.75) is 187 Å². The summed E-state index contributed by atoms with van der Waals surface area (Å²) in [7, 11) is 0. The molecule has 0 amide bonds. The average molecular weight is 873 g/mol. The lowest BCUT2D eigenvalue weighted by Gasteiger charge is -2.28. The topological polar surface area (TPSA) is 88.6 Å². The summed E-state index contributed by atoms with van der Waals surface area (Å²) < 4.78 is 5.82. The number of rotatable bonds is 20. The Balaban J connectivity index is 1.48. The second kappa shape index (κ2) is 24.3. The molecule has 6 nitrogen and oxygen atoms in total. The number of ether oxygens (including phenoxy) is 1. The number of aromatic nitrogens is 1. The van der Waals surface area contributed by atoms with Crippen molar-refractivity contribution in [3.63, 3.8) is 0 Å². The van der Waals surface area contributed by atoms with Gasteiger partial charge in [-0.1, -0.05) is 110 Å². The summed E-state index contributed by atoms with van der Waals surface area (Å²) in [5.41, 5.74) is 15.1. The number of hydrogen-bond acceptors (Lipinski definition) is 5. The normalized spacial score (nSPS) is 23.3. The van der Waals surface area contributed by atoms with Crippen molar-refractivity contribution in [3.05, 3.63) is 103 Å². The van der Waals surface area contributed by atoms with Crippen LogP contribution in [-0.2, 0) is 14.3 Å². The van der Waals surface area contributed by atoms with E-state index >= 15 is 0 Å². The van der Waals surface area contributed by atoms with Crippen molar-refractivity contribution in [3.8, 4) is 0 Å². The first-order valence-electron chi connectivity index (χ1n) is 24.8. The molecule has 1 aliphatic carbocycles. The van der Waals surface area contributed by atoms with Gasteiger partial charge >= 0.3 is 5.97 Å². The van der Waals surface area contributed by atoms with E-state index in [9.17, 15) is 14.4 Å². The van der Waals surface area contributed by atoms with E-state index in [1.807, 2.05) is 26.8 Å². The van der Waals surface area contributed by atoms with Gasteiger partial charge in [-0.25, -0.2) is 4.99 Å². The summed E-state index contributed by atoms with van der Waals surface area (Å²) in [5, 5.41) is 0. The van der Waals surface area contributed by atoms with E-state index in [2.05, 4.69) is 99.0 Å². The molecule has 2 aliphatic heterocycles. The highest BCUT2D eigenvalue weighted by Crippen LogP contribution is 2.43. The molecule has 1 N–H and O–H groups in total. The predicted molar refractivity (Wildman–Crippen MR) is 271 cm³/mol. The zero-order chi connectivity index (χ0) is 47.4. The number of aliphatic imine (C=N–C) groups is 1. The van der Waals surface area contributed by atoms with Crippen LogP contribution in [0.15, 0.2) is 85.2 Å². The minimum Gasteiger partial charge on any atom is -0.465 e. The molecule has 0 spiro atoms. The van der Waals surface area contributed by atoms with Gasteiger partial charge < -0.3 is 9.72 Å². The summed E-state index contributed by atoms with van der Waals surface area (Å²) in [5.74, 6) is 2.16. The highest BCUT2D eigenvalue weighted by atomic mass is 16.5. The Bertz CT molecular complexity index is 2170. The fraction of sp³-hybridized carbons (Fsp3) is 0.586. The molecule has 6 bridgehead atoms. The Labute approximate surface area is 388 Å². The van der Waals surface area contributed by atoms with E-state index in [1.165, 1.54) is 56.9 Å². The summed E-state index contributed by atoms with van der Waals surface area (Å²) in [6, 6.07) is 0. The van der Waals surface area contributed by atoms with E-state index in [-0.39, 0.29) is 42.2 Å². The lowest BCUT2D eigenvalue weighted by atomic mass is 9.76. The number of esters is 1. The Morgan fingerprint density at radius 1 is 0.859 bits per heavy atom. The molecule has 0 saturated heterocycles. The average Bonchev–Trinajstić information content (AvgIpc) is 3.82. The lowest BCUT2D eigenvalue weighted by Crippen LogP contribution is -2.19. The third kappa shape index (κ3) is 13.8. The molecule has 0 saturated carbocycles. The minimum absolute atomic E-state index is 0.00331. The third-order valence-corrected chi connectivity index (χ3v) is 14.7. The number of nitrogens with one attached hydrogen (secondary N) is 1. The maximum absolute atomic E-state index is 13.9. The lowest BCUT2D eigenvalue weighted by molar-refractivity contribution is -0.143. The van der Waals surface area contributed by atoms with Crippen molar-refractivity contribution in [2.75, 3.05) is 6.61 Å². The van der Waals surface area contributed by atoms with E-state index in [0.717, 1.165) is 109 Å². The van der Waals surface area contributed by atoms with Crippen molar-refractivity contribution < 1.29 is 19.1 Å². The SMILES string of the molecule is C=C1C2=C(C)/C(=C(C)\C(C)=C\C3=NC(=C\c4[nH]c(c(C)c4C(C)=O)/C=C(\C)[C@@H](C)[C@@H]1CCC(=O)OCC/C=C(\C)CCC[C@H](C)CCC[C@H](C)CCCC(C)C)/C(C)=C3CC)C(=O)C2. The molecule has 3 aliphatic rings. The fourth-order valence-electron chi connectivity index (χ4n) is 10.2. The smallest absolute Gasteiger partial charge is 0.305 e. The first kappa shape index (κ1) is 52.3. The monoisotopic (exact) mass is 873 g/mol. The fourth-order valence-corrected chi connectivity index (χ4v) is 10.2. The van der Waals surface area contributed by atoms with Gasteiger partial charge in [0, 0.05) is 29.7 Å². The van der Waals surface area contributed by atoms with Gasteiger partial charge in [0.05, 0.1) is 23.7 Å². The molecule has 0 unspecified atom stereocenters. The largest absolute Gasteiger partial charge is 0.465 e. The first-order chi connectivity index (χ1) is 30.2. The number of Topliss-reactive ketones (excluding diaryl/α,β-unsaturated/α-hetero) is 2. The van der Waals surface area contributed by atoms with Gasteiger partial charge in [-0.3, -0.25) is 14.4 Å². The van der Waals surface area contributed by atoms with Crippen molar-refractivity contribution in [1.82, 2.24) is 4.98 Å². The maximum Gasteiger partial charge on any atom is 0.305 e. The van der Waals surface area contributed by atoms with Crippen LogP contribution in [0.1, 0.15) is 207 Å². The number of allylic oxidation sites excluding steroid dienone is 11. The van der Waals surface area contributed by atoms with Crippen LogP contribution in [0.3, 0.4) is 0 Å². The van der Waals surface area contributed by atoms with Crippen LogP contribution >= 0.6 is 0 Å². The molecule has 1 aromatic heterocycles. The number of H-pyrrole nitrogens is 1. The number of ketones is 2. The van der Waals surface area contributed by atoms with Crippen LogP contribution < -0.4 is 0 Å². The van der Waals surface area contributed by atoms with Crippen LogP contribution in [0.2, 0.25) is 0 Å². The van der Waals surface area contributed by atoms with Gasteiger partial charge in [0.25, 0.3) is 0 Å². The van der Waals surface area contributed by atoms with E-state index in [0.29, 0.717) is 25.0 Å². The molecule has 4 rings (SSSR count). The quantitative estimate of drug-likeness (QED) is 0.0612. The highest BCUT2D eigenvalue weighted by molar-refractivity contribution is 6.14. The molecular formula is C58H84N2O4. The van der Waals surface area contributed by atoms with Crippen molar-refractivity contribution in [1.29, 1.82) is 0 Å². The molecular weight excluding hydrogens is 789 g/mol. The van der Waals surface area contributed by atoms with Crippen LogP contribution in [-0.4, -0.2) is 34.8 Å². The molecule has 350 valence electrons. The highest BCUT2D eigenvalue weighted by Gasteiger charge is 2.33. The molecule has 0 fully saturated rings. The molecule has 4 atom stereocenters. The van der Waals surface area contributed by atoms with Crippen LogP contribution in [0, 0.1) is 36.5 Å². The van der Waals surface area contributed by atoms with Gasteiger partial charge in [-0.2, -0.15) is 0 Å². The number of carbonyl (C=O) groups is 3. The molecule has 64 heavy (non-hydrogen) atoms. The molecule has 6 heteroatoms. The number of aromatic amines is 1. The number of nitrogens with zero attached hydrogens (tertiary/aromatic N) is 1. The van der Waals surface area contributed by atoms with E-state index < -0.39 is 0 Å². The number of carbonyl (C=O) groups excluding carboxylic acids is 3. The Kier molecular flexibility index (Phi) is 19.8. The number of hydrogen-bond donors (Lipinski definition) is 1. The van der Waals surface area contributed by atoms with E-state index in [4.69, 9.17) is 9.73 Å². The molecule has 0 aromatic carbocycles. The van der Waals surface area contributed by atoms with Crippen LogP contribution in [0.4, 0.5) is 0 Å². The zero-order valence-electron chi connectivity index (χ0n) is 42.6. The standard InChI is InChI=1S/C58H84N2O4/c1-16-48-44(12)52-34-54-58(47(15)61)46(14)51(60-54)31-39(7)41(9)49(43(11)50-33-55(62)57(45(50)13)42(10)40(8)32-53(48)59-52)28-29-56(63)64-30-20-27-38(6)26-19-25-37(5)24-18-23-36(4)22-17-21-35(2)3/h27,31-32,34-37,41,49,60H,11,16-26,28-30,33H2,1-10,12-15H3/b38-27+,39-31+,40-32+,52-34-,57-42+/t36-,37-,41-,49+/m1/s1. The second-order valence-corrected chi connectivity index (χ2v) is 20.3. The maximum atomic E-state index is 13.9. The predicted octanol–water partition coefficient (Wildman–Crippen LogP) is 15.9. The Morgan fingerprint density at radius 3 is 2.12 bits per heavy atom. The van der Waals surface area contributed by atoms with Gasteiger partial charge in [0.15, 0.2) is 11.6 Å². The van der Waals surface area contributed by atoms with Crippen LogP contribution in [0.5, 0.6) is 0 Å². The molecule has 1 aromatic rings. The summed E-state index contributed by atoms with van der Waals surface area (Å²) in [6.45, 7) is 35.0. The van der Waals surface area contributed by atoms with Crippen molar-refractivity contribution >= 4 is 35.4 Å². The van der Waals surface area contributed by atoms with Gasteiger partial charge in [-0.05, 0) is 180 Å². The van der Waals surface area contributed by atoms with Gasteiger partial charge in [0.1, 0.15) is 0 Å². The minimum atomic E-state index is -0.211. The van der Waals surface area contributed by atoms with Gasteiger partial charge in [0.2, 0.25) is 0 Å². The van der Waals surface area contributed by atoms with E-state index in [1.54, 1.807) is 6.92 Å². The summed E-state index contributed by atoms with van der Waals surface area (Å²) in [4.78, 5) is 49.1. The van der Waals surface area contributed by atoms with Gasteiger partial charge in [-0.15, -0.1) is 0 Å². The number of fused-ring (bicyclic) bond motifs is 4. The second-order valence-electron chi connectivity index (χ2n) is 20.3. The molecule has 0 radical (unpaired) electrons.